The molecule has 2 aromatic carbocycles. The maximum atomic E-state index is 11.3. The minimum atomic E-state index is -0.480. The third-order valence-electron chi connectivity index (χ3n) is 4.06. The average Bonchev–Trinajstić information content (AvgIpc) is 3.22. The third-order valence-corrected chi connectivity index (χ3v) is 4.06. The van der Waals surface area contributed by atoms with Gasteiger partial charge in [0.05, 0.1) is 26.3 Å². The maximum Gasteiger partial charge on any atom is 0.293 e. The fourth-order valence-corrected chi connectivity index (χ4v) is 2.70. The Morgan fingerprint density at radius 1 is 1.04 bits per heavy atom. The SMILES string of the molecule is CNc1ccc(-c2nc(-c3cc(OC)c(OC)c(OC)c3)no2)cc1[N+](=O)[O-]. The molecule has 0 saturated heterocycles. The second kappa shape index (κ2) is 7.82. The third kappa shape index (κ3) is 3.39. The molecule has 3 aromatic rings. The van der Waals surface area contributed by atoms with Gasteiger partial charge in [0.2, 0.25) is 11.6 Å². The lowest BCUT2D eigenvalue weighted by atomic mass is 10.1. The number of benzene rings is 2. The first-order valence-corrected chi connectivity index (χ1v) is 8.13. The predicted octanol–water partition coefficient (Wildman–Crippen LogP) is 3.38. The van der Waals surface area contributed by atoms with E-state index >= 15 is 0 Å². The molecule has 3 rings (SSSR count). The zero-order valence-electron chi connectivity index (χ0n) is 15.7. The molecule has 0 aliphatic rings. The largest absolute Gasteiger partial charge is 0.493 e. The number of nitro groups is 1. The summed E-state index contributed by atoms with van der Waals surface area (Å²) in [4.78, 5) is 15.1. The predicted molar refractivity (Wildman–Crippen MR) is 101 cm³/mol. The molecule has 0 saturated carbocycles. The Hall–Kier alpha value is -3.82. The van der Waals surface area contributed by atoms with Crippen LogP contribution in [0.1, 0.15) is 0 Å². The lowest BCUT2D eigenvalue weighted by Gasteiger charge is -2.12. The van der Waals surface area contributed by atoms with E-state index in [0.717, 1.165) is 0 Å². The Labute approximate surface area is 160 Å². The summed E-state index contributed by atoms with van der Waals surface area (Å²) in [6, 6.07) is 7.98. The Morgan fingerprint density at radius 2 is 1.71 bits per heavy atom. The van der Waals surface area contributed by atoms with Gasteiger partial charge >= 0.3 is 0 Å². The Morgan fingerprint density at radius 3 is 2.25 bits per heavy atom. The van der Waals surface area contributed by atoms with Gasteiger partial charge in [-0.05, 0) is 24.3 Å². The molecule has 1 aromatic heterocycles. The molecule has 0 amide bonds. The van der Waals surface area contributed by atoms with E-state index in [9.17, 15) is 10.1 Å². The van der Waals surface area contributed by atoms with Crippen LogP contribution in [0, 0.1) is 10.1 Å². The number of ether oxygens (including phenoxy) is 3. The summed E-state index contributed by atoms with van der Waals surface area (Å²) in [6.45, 7) is 0. The van der Waals surface area contributed by atoms with Crippen molar-refractivity contribution in [3.63, 3.8) is 0 Å². The van der Waals surface area contributed by atoms with Crippen molar-refractivity contribution in [2.24, 2.45) is 0 Å². The van der Waals surface area contributed by atoms with E-state index in [2.05, 4.69) is 15.5 Å². The normalized spacial score (nSPS) is 10.4. The zero-order chi connectivity index (χ0) is 20.3. The van der Waals surface area contributed by atoms with Gasteiger partial charge in [0.25, 0.3) is 11.6 Å². The lowest BCUT2D eigenvalue weighted by Crippen LogP contribution is -1.97. The molecule has 0 unspecified atom stereocenters. The Balaban J connectivity index is 2.04. The smallest absolute Gasteiger partial charge is 0.293 e. The van der Waals surface area contributed by atoms with Crippen molar-refractivity contribution in [3.8, 4) is 40.1 Å². The number of hydrogen-bond acceptors (Lipinski definition) is 9. The van der Waals surface area contributed by atoms with Gasteiger partial charge in [0.1, 0.15) is 5.69 Å². The first-order chi connectivity index (χ1) is 13.5. The van der Waals surface area contributed by atoms with Crippen molar-refractivity contribution in [2.75, 3.05) is 33.7 Å². The fraction of sp³-hybridized carbons (Fsp3) is 0.222. The van der Waals surface area contributed by atoms with E-state index in [-0.39, 0.29) is 17.4 Å². The number of aromatic nitrogens is 2. The van der Waals surface area contributed by atoms with E-state index in [1.807, 2.05) is 0 Å². The van der Waals surface area contributed by atoms with Gasteiger partial charge < -0.3 is 24.1 Å². The number of rotatable bonds is 7. The first kappa shape index (κ1) is 19.0. The molecule has 0 spiro atoms. The van der Waals surface area contributed by atoms with Crippen LogP contribution in [-0.2, 0) is 0 Å². The van der Waals surface area contributed by atoms with Crippen LogP contribution in [-0.4, -0.2) is 43.4 Å². The molecule has 0 bridgehead atoms. The van der Waals surface area contributed by atoms with Crippen LogP contribution in [0.2, 0.25) is 0 Å². The summed E-state index contributed by atoms with van der Waals surface area (Å²) < 4.78 is 21.3. The molecule has 1 heterocycles. The van der Waals surface area contributed by atoms with Crippen LogP contribution in [0.25, 0.3) is 22.8 Å². The first-order valence-electron chi connectivity index (χ1n) is 8.13. The van der Waals surface area contributed by atoms with Crippen molar-refractivity contribution in [2.45, 2.75) is 0 Å². The molecule has 146 valence electrons. The van der Waals surface area contributed by atoms with Gasteiger partial charge in [0.15, 0.2) is 11.5 Å². The highest BCUT2D eigenvalue weighted by molar-refractivity contribution is 5.71. The molecular weight excluding hydrogens is 368 g/mol. The standard InChI is InChI=1S/C18H18N4O6/c1-19-12-6-5-10(7-13(12)22(23)24)18-20-17(21-28-18)11-8-14(25-2)16(27-4)15(9-11)26-3/h5-9,19H,1-4H3. The molecule has 0 fully saturated rings. The Bertz CT molecular complexity index is 992. The van der Waals surface area contributed by atoms with Crippen molar-refractivity contribution >= 4 is 11.4 Å². The van der Waals surface area contributed by atoms with E-state index in [1.165, 1.54) is 27.4 Å². The summed E-state index contributed by atoms with van der Waals surface area (Å²) in [5.74, 6) is 1.74. The molecular formula is C18H18N4O6. The number of nitrogens with zero attached hydrogens (tertiary/aromatic N) is 3. The highest BCUT2D eigenvalue weighted by Crippen LogP contribution is 2.41. The summed E-state index contributed by atoms with van der Waals surface area (Å²) in [5.41, 5.74) is 1.30. The fourth-order valence-electron chi connectivity index (χ4n) is 2.70. The monoisotopic (exact) mass is 386 g/mol. The average molecular weight is 386 g/mol. The molecule has 0 aliphatic carbocycles. The summed E-state index contributed by atoms with van der Waals surface area (Å²) >= 11 is 0. The number of methoxy groups -OCH3 is 3. The summed E-state index contributed by atoms with van der Waals surface area (Å²) in [7, 11) is 6.13. The lowest BCUT2D eigenvalue weighted by molar-refractivity contribution is -0.383. The second-order valence-electron chi connectivity index (χ2n) is 5.58. The van der Waals surface area contributed by atoms with E-state index in [4.69, 9.17) is 18.7 Å². The van der Waals surface area contributed by atoms with Gasteiger partial charge in [-0.3, -0.25) is 10.1 Å². The Kier molecular flexibility index (Phi) is 5.30. The van der Waals surface area contributed by atoms with E-state index < -0.39 is 4.92 Å². The number of anilines is 1. The second-order valence-corrected chi connectivity index (χ2v) is 5.58. The van der Waals surface area contributed by atoms with E-state index in [0.29, 0.717) is 34.1 Å². The summed E-state index contributed by atoms with van der Waals surface area (Å²) in [5, 5.41) is 18.0. The van der Waals surface area contributed by atoms with Crippen molar-refractivity contribution in [1.29, 1.82) is 0 Å². The van der Waals surface area contributed by atoms with Crippen molar-refractivity contribution in [1.82, 2.24) is 10.1 Å². The van der Waals surface area contributed by atoms with Crippen LogP contribution < -0.4 is 19.5 Å². The highest BCUT2D eigenvalue weighted by atomic mass is 16.6. The maximum absolute atomic E-state index is 11.3. The molecule has 1 N–H and O–H groups in total. The van der Waals surface area contributed by atoms with Crippen LogP contribution in [0.15, 0.2) is 34.9 Å². The van der Waals surface area contributed by atoms with Crippen LogP contribution in [0.4, 0.5) is 11.4 Å². The molecule has 10 nitrogen and oxygen atoms in total. The molecule has 10 heteroatoms. The summed E-state index contributed by atoms with van der Waals surface area (Å²) in [6.07, 6.45) is 0. The highest BCUT2D eigenvalue weighted by Gasteiger charge is 2.20. The molecule has 28 heavy (non-hydrogen) atoms. The van der Waals surface area contributed by atoms with Gasteiger partial charge in [0, 0.05) is 24.2 Å². The minimum absolute atomic E-state index is 0.0902. The topological polar surface area (TPSA) is 122 Å². The molecule has 0 aliphatic heterocycles. The number of nitro benzene ring substituents is 1. The van der Waals surface area contributed by atoms with Crippen LogP contribution in [0.5, 0.6) is 17.2 Å². The van der Waals surface area contributed by atoms with Gasteiger partial charge in [-0.15, -0.1) is 0 Å². The van der Waals surface area contributed by atoms with Gasteiger partial charge in [-0.25, -0.2) is 0 Å². The minimum Gasteiger partial charge on any atom is -0.493 e. The van der Waals surface area contributed by atoms with E-state index in [1.54, 1.807) is 31.3 Å². The quantitative estimate of drug-likeness (QED) is 0.481. The number of hydrogen-bond donors (Lipinski definition) is 1. The van der Waals surface area contributed by atoms with Crippen LogP contribution in [0.3, 0.4) is 0 Å². The molecule has 0 radical (unpaired) electrons. The van der Waals surface area contributed by atoms with Crippen LogP contribution >= 0.6 is 0 Å². The van der Waals surface area contributed by atoms with Crippen molar-refractivity contribution < 1.29 is 23.7 Å². The zero-order valence-corrected chi connectivity index (χ0v) is 15.7. The number of nitrogens with one attached hydrogen (secondary N) is 1. The van der Waals surface area contributed by atoms with Gasteiger partial charge in [-0.1, -0.05) is 5.16 Å². The van der Waals surface area contributed by atoms with Crippen molar-refractivity contribution in [3.05, 3.63) is 40.4 Å². The molecule has 0 atom stereocenters. The van der Waals surface area contributed by atoms with Gasteiger partial charge in [-0.2, -0.15) is 4.98 Å².